The Morgan fingerprint density at radius 2 is 2.10 bits per heavy atom. The molecule has 1 aromatic carbocycles. The highest BCUT2D eigenvalue weighted by Crippen LogP contribution is 2.22. The molecule has 0 amide bonds. The highest BCUT2D eigenvalue weighted by Gasteiger charge is 2.13. The van der Waals surface area contributed by atoms with Crippen molar-refractivity contribution >= 4 is 15.9 Å². The molecule has 0 saturated heterocycles. The van der Waals surface area contributed by atoms with Gasteiger partial charge in [0.15, 0.2) is 0 Å². The quantitative estimate of drug-likeness (QED) is 0.870. The molecule has 0 saturated carbocycles. The van der Waals surface area contributed by atoms with E-state index in [0.29, 0.717) is 13.1 Å². The van der Waals surface area contributed by atoms with E-state index >= 15 is 0 Å². The van der Waals surface area contributed by atoms with E-state index in [2.05, 4.69) is 40.2 Å². The zero-order valence-corrected chi connectivity index (χ0v) is 13.4. The Morgan fingerprint density at radius 3 is 2.75 bits per heavy atom. The molecule has 1 N–H and O–H groups in total. The minimum atomic E-state index is -0.197. The third-order valence-corrected chi connectivity index (χ3v) is 4.12. The van der Waals surface area contributed by atoms with Crippen LogP contribution in [0.2, 0.25) is 0 Å². The van der Waals surface area contributed by atoms with Crippen LogP contribution in [0.25, 0.3) is 0 Å². The maximum absolute atomic E-state index is 13.1. The Morgan fingerprint density at radius 1 is 1.30 bits per heavy atom. The van der Waals surface area contributed by atoms with E-state index in [1.165, 1.54) is 6.07 Å². The minimum absolute atomic E-state index is 0.197. The van der Waals surface area contributed by atoms with E-state index in [1.54, 1.807) is 12.1 Å². The van der Waals surface area contributed by atoms with Crippen LogP contribution in [-0.4, -0.2) is 9.78 Å². The Bertz CT molecular complexity index is 580. The molecule has 0 atom stereocenters. The van der Waals surface area contributed by atoms with Gasteiger partial charge >= 0.3 is 0 Å². The summed E-state index contributed by atoms with van der Waals surface area (Å²) in [6.45, 7) is 6.36. The van der Waals surface area contributed by atoms with Crippen LogP contribution < -0.4 is 5.32 Å². The molecule has 3 nitrogen and oxygen atoms in total. The summed E-state index contributed by atoms with van der Waals surface area (Å²) in [4.78, 5) is 0. The van der Waals surface area contributed by atoms with E-state index in [9.17, 15) is 4.39 Å². The molecular weight excluding hydrogens is 321 g/mol. The summed E-state index contributed by atoms with van der Waals surface area (Å²) in [6.07, 6.45) is 0.907. The van der Waals surface area contributed by atoms with Crippen LogP contribution in [0.3, 0.4) is 0 Å². The zero-order valence-electron chi connectivity index (χ0n) is 11.8. The van der Waals surface area contributed by atoms with Crippen LogP contribution >= 0.6 is 15.9 Å². The SMILES string of the molecule is CCc1nn(CC)c(CNCc2cccc(F)c2)c1Br. The van der Waals surface area contributed by atoms with Gasteiger partial charge in [-0.05, 0) is 47.0 Å². The van der Waals surface area contributed by atoms with Crippen molar-refractivity contribution in [3.63, 3.8) is 0 Å². The maximum Gasteiger partial charge on any atom is 0.123 e. The number of rotatable bonds is 6. The number of aryl methyl sites for hydroxylation is 2. The van der Waals surface area contributed by atoms with E-state index in [1.807, 2.05) is 10.7 Å². The van der Waals surface area contributed by atoms with Crippen molar-refractivity contribution in [2.75, 3.05) is 0 Å². The molecule has 20 heavy (non-hydrogen) atoms. The largest absolute Gasteiger partial charge is 0.307 e. The summed E-state index contributed by atoms with van der Waals surface area (Å²) >= 11 is 3.62. The van der Waals surface area contributed by atoms with E-state index < -0.39 is 0 Å². The standard InChI is InChI=1S/C15H19BrFN3/c1-3-13-15(16)14(20(4-2)19-13)10-18-9-11-6-5-7-12(17)8-11/h5-8,18H,3-4,9-10H2,1-2H3. The molecule has 0 aliphatic heterocycles. The second-order valence-electron chi connectivity index (χ2n) is 4.61. The third-order valence-electron chi connectivity index (χ3n) is 3.20. The molecule has 0 spiro atoms. The smallest absolute Gasteiger partial charge is 0.123 e. The fourth-order valence-corrected chi connectivity index (χ4v) is 2.86. The van der Waals surface area contributed by atoms with Gasteiger partial charge in [-0.1, -0.05) is 19.1 Å². The average Bonchev–Trinajstić information content (AvgIpc) is 2.75. The molecule has 1 heterocycles. The van der Waals surface area contributed by atoms with Crippen LogP contribution in [0.1, 0.15) is 30.8 Å². The molecule has 0 fully saturated rings. The van der Waals surface area contributed by atoms with Crippen LogP contribution in [0, 0.1) is 5.82 Å². The summed E-state index contributed by atoms with van der Waals surface area (Å²) in [7, 11) is 0. The van der Waals surface area contributed by atoms with Gasteiger partial charge in [0.2, 0.25) is 0 Å². The lowest BCUT2D eigenvalue weighted by molar-refractivity contribution is 0.574. The maximum atomic E-state index is 13.1. The molecule has 0 bridgehead atoms. The van der Waals surface area contributed by atoms with Crippen molar-refractivity contribution in [1.82, 2.24) is 15.1 Å². The lowest BCUT2D eigenvalue weighted by atomic mass is 10.2. The first-order valence-electron chi connectivity index (χ1n) is 6.84. The monoisotopic (exact) mass is 339 g/mol. The van der Waals surface area contributed by atoms with Crippen molar-refractivity contribution in [3.05, 3.63) is 51.5 Å². The zero-order chi connectivity index (χ0) is 14.5. The van der Waals surface area contributed by atoms with Crippen molar-refractivity contribution in [2.24, 2.45) is 0 Å². The highest BCUT2D eigenvalue weighted by atomic mass is 79.9. The van der Waals surface area contributed by atoms with Crippen molar-refractivity contribution < 1.29 is 4.39 Å². The number of nitrogens with zero attached hydrogens (tertiary/aromatic N) is 2. The summed E-state index contributed by atoms with van der Waals surface area (Å²) in [6, 6.07) is 6.66. The van der Waals surface area contributed by atoms with Crippen LogP contribution in [0.4, 0.5) is 4.39 Å². The first kappa shape index (κ1) is 15.2. The van der Waals surface area contributed by atoms with E-state index in [0.717, 1.165) is 34.4 Å². The molecular formula is C15H19BrFN3. The predicted molar refractivity (Wildman–Crippen MR) is 81.9 cm³/mol. The number of aromatic nitrogens is 2. The van der Waals surface area contributed by atoms with Gasteiger partial charge in [-0.15, -0.1) is 0 Å². The second kappa shape index (κ2) is 6.99. The highest BCUT2D eigenvalue weighted by molar-refractivity contribution is 9.10. The minimum Gasteiger partial charge on any atom is -0.307 e. The number of nitrogens with one attached hydrogen (secondary N) is 1. The van der Waals surface area contributed by atoms with Gasteiger partial charge in [0.05, 0.1) is 15.9 Å². The van der Waals surface area contributed by atoms with Crippen molar-refractivity contribution in [2.45, 2.75) is 39.9 Å². The number of benzene rings is 1. The molecule has 0 radical (unpaired) electrons. The number of halogens is 2. The fourth-order valence-electron chi connectivity index (χ4n) is 2.16. The molecule has 2 aromatic rings. The van der Waals surface area contributed by atoms with Gasteiger partial charge in [0, 0.05) is 19.6 Å². The van der Waals surface area contributed by atoms with Crippen LogP contribution in [0.5, 0.6) is 0 Å². The Kier molecular flexibility index (Phi) is 5.31. The summed E-state index contributed by atoms with van der Waals surface area (Å²) in [5.74, 6) is -0.197. The first-order chi connectivity index (χ1) is 9.65. The number of hydrogen-bond acceptors (Lipinski definition) is 2. The van der Waals surface area contributed by atoms with Gasteiger partial charge in [0.25, 0.3) is 0 Å². The molecule has 0 aliphatic carbocycles. The fraction of sp³-hybridized carbons (Fsp3) is 0.400. The van der Waals surface area contributed by atoms with Gasteiger partial charge in [-0.3, -0.25) is 4.68 Å². The van der Waals surface area contributed by atoms with Crippen LogP contribution in [-0.2, 0) is 26.1 Å². The molecule has 108 valence electrons. The first-order valence-corrected chi connectivity index (χ1v) is 7.64. The predicted octanol–water partition coefficient (Wildman–Crippen LogP) is 3.66. The molecule has 5 heteroatoms. The summed E-state index contributed by atoms with van der Waals surface area (Å²) < 4.78 is 16.2. The Balaban J connectivity index is 2.02. The van der Waals surface area contributed by atoms with Gasteiger partial charge in [-0.25, -0.2) is 4.39 Å². The normalized spacial score (nSPS) is 11.0. The third kappa shape index (κ3) is 3.46. The van der Waals surface area contributed by atoms with Crippen LogP contribution in [0.15, 0.2) is 28.7 Å². The molecule has 0 unspecified atom stereocenters. The molecule has 2 rings (SSSR count). The van der Waals surface area contributed by atoms with Gasteiger partial charge < -0.3 is 5.32 Å². The average molecular weight is 340 g/mol. The van der Waals surface area contributed by atoms with E-state index in [-0.39, 0.29) is 5.82 Å². The lowest BCUT2D eigenvalue weighted by Crippen LogP contribution is -2.16. The summed E-state index contributed by atoms with van der Waals surface area (Å²) in [5.41, 5.74) is 3.16. The van der Waals surface area contributed by atoms with Crippen molar-refractivity contribution in [3.8, 4) is 0 Å². The van der Waals surface area contributed by atoms with Gasteiger partial charge in [0.1, 0.15) is 5.82 Å². The molecule has 1 aromatic heterocycles. The van der Waals surface area contributed by atoms with E-state index in [4.69, 9.17) is 0 Å². The summed E-state index contributed by atoms with van der Waals surface area (Å²) in [5, 5.41) is 7.90. The lowest BCUT2D eigenvalue weighted by Gasteiger charge is -2.08. The van der Waals surface area contributed by atoms with Gasteiger partial charge in [-0.2, -0.15) is 5.10 Å². The van der Waals surface area contributed by atoms with Crippen molar-refractivity contribution in [1.29, 1.82) is 0 Å². The topological polar surface area (TPSA) is 29.9 Å². The Hall–Kier alpha value is -1.20. The second-order valence-corrected chi connectivity index (χ2v) is 5.40. The molecule has 0 aliphatic rings. The number of hydrogen-bond donors (Lipinski definition) is 1. The Labute approximate surface area is 127 Å².